The minimum Gasteiger partial charge on any atom is -0.489 e. The quantitative estimate of drug-likeness (QED) is 0.586. The molecule has 0 spiro atoms. The first-order chi connectivity index (χ1) is 14.1. The van der Waals surface area contributed by atoms with Crippen LogP contribution >= 0.6 is 0 Å². The molecule has 0 aromatic heterocycles. The zero-order valence-corrected chi connectivity index (χ0v) is 16.0. The Morgan fingerprint density at radius 3 is 2.10 bits per heavy atom. The average molecular weight is 389 g/mol. The predicted octanol–water partition coefficient (Wildman–Crippen LogP) is 3.62. The van der Waals surface area contributed by atoms with Gasteiger partial charge in [-0.3, -0.25) is 4.79 Å². The minimum absolute atomic E-state index is 0.144. The van der Waals surface area contributed by atoms with Crippen molar-refractivity contribution in [1.29, 1.82) is 0 Å². The number of amides is 1. The van der Waals surface area contributed by atoms with E-state index in [4.69, 9.17) is 4.74 Å². The molecule has 1 amide bonds. The van der Waals surface area contributed by atoms with Gasteiger partial charge in [0, 0.05) is 6.42 Å². The molecule has 3 aromatic rings. The Morgan fingerprint density at radius 2 is 1.45 bits per heavy atom. The number of hydrogen-bond acceptors (Lipinski definition) is 3. The summed E-state index contributed by atoms with van der Waals surface area (Å²) >= 11 is 0. The average Bonchev–Trinajstić information content (AvgIpc) is 2.73. The van der Waals surface area contributed by atoms with Gasteiger partial charge < -0.3 is 15.2 Å². The van der Waals surface area contributed by atoms with Crippen molar-refractivity contribution in [1.82, 2.24) is 5.32 Å². The number of benzene rings is 3. The van der Waals surface area contributed by atoms with E-state index < -0.39 is 12.0 Å². The highest BCUT2D eigenvalue weighted by atomic mass is 16.5. The molecule has 0 fully saturated rings. The second-order valence-electron chi connectivity index (χ2n) is 6.75. The molecule has 5 heteroatoms. The van der Waals surface area contributed by atoms with Crippen LogP contribution in [0.2, 0.25) is 0 Å². The highest BCUT2D eigenvalue weighted by Crippen LogP contribution is 2.17. The molecule has 0 aliphatic carbocycles. The summed E-state index contributed by atoms with van der Waals surface area (Å²) in [6.45, 7) is 0.431. The molecular weight excluding hydrogens is 366 g/mol. The van der Waals surface area contributed by atoms with Gasteiger partial charge in [0.2, 0.25) is 5.91 Å². The van der Waals surface area contributed by atoms with Crippen LogP contribution in [0.15, 0.2) is 84.9 Å². The summed E-state index contributed by atoms with van der Waals surface area (Å²) < 4.78 is 5.80. The Hall–Kier alpha value is -3.60. The number of nitrogens with one attached hydrogen (secondary N) is 1. The van der Waals surface area contributed by atoms with E-state index in [1.807, 2.05) is 84.9 Å². The molecule has 5 nitrogen and oxygen atoms in total. The maximum atomic E-state index is 12.2. The van der Waals surface area contributed by atoms with Crippen molar-refractivity contribution in [3.63, 3.8) is 0 Å². The van der Waals surface area contributed by atoms with Crippen molar-refractivity contribution in [2.75, 3.05) is 0 Å². The van der Waals surface area contributed by atoms with Gasteiger partial charge in [-0.2, -0.15) is 0 Å². The number of rotatable bonds is 9. The van der Waals surface area contributed by atoms with Gasteiger partial charge in [0.25, 0.3) is 0 Å². The van der Waals surface area contributed by atoms with Crippen molar-refractivity contribution in [3.05, 3.63) is 102 Å². The SMILES string of the molecule is O=C(Cc1ccccc1)N[C@H](Cc1cccc(OCc2ccccc2)c1)C(=O)O. The Balaban J connectivity index is 1.59. The fraction of sp³-hybridized carbons (Fsp3) is 0.167. The monoisotopic (exact) mass is 389 g/mol. The maximum absolute atomic E-state index is 12.2. The molecule has 29 heavy (non-hydrogen) atoms. The van der Waals surface area contributed by atoms with Gasteiger partial charge in [-0.25, -0.2) is 4.79 Å². The summed E-state index contributed by atoms with van der Waals surface area (Å²) in [5.41, 5.74) is 2.67. The van der Waals surface area contributed by atoms with E-state index in [1.54, 1.807) is 0 Å². The van der Waals surface area contributed by atoms with Gasteiger partial charge in [0.05, 0.1) is 6.42 Å². The largest absolute Gasteiger partial charge is 0.489 e. The molecule has 0 bridgehead atoms. The Bertz CT molecular complexity index is 941. The number of ether oxygens (including phenoxy) is 1. The second-order valence-corrected chi connectivity index (χ2v) is 6.75. The molecule has 0 radical (unpaired) electrons. The van der Waals surface area contributed by atoms with Crippen molar-refractivity contribution >= 4 is 11.9 Å². The smallest absolute Gasteiger partial charge is 0.326 e. The predicted molar refractivity (Wildman–Crippen MR) is 111 cm³/mol. The Morgan fingerprint density at radius 1 is 0.828 bits per heavy atom. The number of carboxylic acid groups (broad SMARTS) is 1. The molecule has 3 aromatic carbocycles. The van der Waals surface area contributed by atoms with Gasteiger partial charge in [-0.05, 0) is 28.8 Å². The van der Waals surface area contributed by atoms with Crippen LogP contribution in [0.5, 0.6) is 5.75 Å². The van der Waals surface area contributed by atoms with E-state index in [-0.39, 0.29) is 18.7 Å². The van der Waals surface area contributed by atoms with Gasteiger partial charge in [0.1, 0.15) is 18.4 Å². The van der Waals surface area contributed by atoms with E-state index in [0.717, 1.165) is 16.7 Å². The summed E-state index contributed by atoms with van der Waals surface area (Å²) in [4.78, 5) is 23.9. The zero-order valence-electron chi connectivity index (χ0n) is 16.0. The molecule has 0 heterocycles. The lowest BCUT2D eigenvalue weighted by molar-refractivity contribution is -0.141. The highest BCUT2D eigenvalue weighted by Gasteiger charge is 2.20. The summed E-state index contributed by atoms with van der Waals surface area (Å²) in [5, 5.41) is 12.1. The molecule has 2 N–H and O–H groups in total. The van der Waals surface area contributed by atoms with Crippen LogP contribution in [-0.2, 0) is 29.0 Å². The first-order valence-corrected chi connectivity index (χ1v) is 9.42. The third-order valence-electron chi connectivity index (χ3n) is 4.43. The van der Waals surface area contributed by atoms with Crippen LogP contribution < -0.4 is 10.1 Å². The van der Waals surface area contributed by atoms with E-state index >= 15 is 0 Å². The second kappa shape index (κ2) is 10.1. The standard InChI is InChI=1S/C24H23NO4/c26-23(16-18-8-3-1-4-9-18)25-22(24(27)28)15-20-12-7-13-21(14-20)29-17-19-10-5-2-6-11-19/h1-14,22H,15-17H2,(H,25,26)(H,27,28)/t22-/m1/s1. The third kappa shape index (κ3) is 6.50. The summed E-state index contributed by atoms with van der Waals surface area (Å²) in [6.07, 6.45) is 0.323. The fourth-order valence-corrected chi connectivity index (χ4v) is 2.97. The van der Waals surface area contributed by atoms with Crippen LogP contribution in [0, 0.1) is 0 Å². The fourth-order valence-electron chi connectivity index (χ4n) is 2.97. The van der Waals surface area contributed by atoms with Gasteiger partial charge in [0.15, 0.2) is 0 Å². The van der Waals surface area contributed by atoms with Crippen molar-refractivity contribution in [3.8, 4) is 5.75 Å². The van der Waals surface area contributed by atoms with E-state index in [9.17, 15) is 14.7 Å². The van der Waals surface area contributed by atoms with Crippen molar-refractivity contribution in [2.45, 2.75) is 25.5 Å². The highest BCUT2D eigenvalue weighted by molar-refractivity contribution is 5.85. The molecule has 0 saturated carbocycles. The van der Waals surface area contributed by atoms with Crippen LogP contribution in [0.3, 0.4) is 0 Å². The number of carboxylic acids is 1. The van der Waals surface area contributed by atoms with E-state index in [2.05, 4.69) is 5.32 Å². The number of carbonyl (C=O) groups excluding carboxylic acids is 1. The van der Waals surface area contributed by atoms with Crippen LogP contribution in [0.25, 0.3) is 0 Å². The molecule has 0 saturated heterocycles. The lowest BCUT2D eigenvalue weighted by atomic mass is 10.0. The molecule has 0 aliphatic heterocycles. The summed E-state index contributed by atoms with van der Waals surface area (Å²) in [6, 6.07) is 25.3. The van der Waals surface area contributed by atoms with Crippen molar-refractivity contribution in [2.24, 2.45) is 0 Å². The van der Waals surface area contributed by atoms with Gasteiger partial charge in [-0.1, -0.05) is 72.8 Å². The summed E-state index contributed by atoms with van der Waals surface area (Å²) in [7, 11) is 0. The van der Waals surface area contributed by atoms with Crippen molar-refractivity contribution < 1.29 is 19.4 Å². The minimum atomic E-state index is -1.07. The first-order valence-electron chi connectivity index (χ1n) is 9.42. The molecule has 1 atom stereocenters. The maximum Gasteiger partial charge on any atom is 0.326 e. The van der Waals surface area contributed by atoms with Gasteiger partial charge >= 0.3 is 5.97 Å². The van der Waals surface area contributed by atoms with Gasteiger partial charge in [-0.15, -0.1) is 0 Å². The molecule has 0 aliphatic rings. The zero-order chi connectivity index (χ0) is 20.5. The van der Waals surface area contributed by atoms with Crippen LogP contribution in [0.1, 0.15) is 16.7 Å². The topological polar surface area (TPSA) is 75.6 Å². The first kappa shape index (κ1) is 20.1. The number of aliphatic carboxylic acids is 1. The third-order valence-corrected chi connectivity index (χ3v) is 4.43. The molecule has 0 unspecified atom stereocenters. The lowest BCUT2D eigenvalue weighted by Crippen LogP contribution is -2.43. The molecule has 148 valence electrons. The van der Waals surface area contributed by atoms with E-state index in [1.165, 1.54) is 0 Å². The van der Waals surface area contributed by atoms with Crippen LogP contribution in [0.4, 0.5) is 0 Å². The molecule has 3 rings (SSSR count). The van der Waals surface area contributed by atoms with Crippen LogP contribution in [-0.4, -0.2) is 23.0 Å². The number of hydrogen-bond donors (Lipinski definition) is 2. The Labute approximate surface area is 170 Å². The normalized spacial score (nSPS) is 11.4. The van der Waals surface area contributed by atoms with E-state index in [0.29, 0.717) is 12.4 Å². The summed E-state index contributed by atoms with van der Waals surface area (Å²) in [5.74, 6) is -0.729. The Kier molecular flexibility index (Phi) is 7.00. The lowest BCUT2D eigenvalue weighted by Gasteiger charge is -2.15. The number of carbonyl (C=O) groups is 2. The molecular formula is C24H23NO4.